The fourth-order valence-electron chi connectivity index (χ4n) is 2.34. The van der Waals surface area contributed by atoms with E-state index in [1.807, 2.05) is 0 Å². The number of rotatable bonds is 0. The lowest BCUT2D eigenvalue weighted by Crippen LogP contribution is -2.51. The number of imide groups is 1. The van der Waals surface area contributed by atoms with Crippen LogP contribution in [-0.4, -0.2) is 46.2 Å². The highest BCUT2D eigenvalue weighted by atomic mass is 16.8. The maximum absolute atomic E-state index is 11.5. The summed E-state index contributed by atoms with van der Waals surface area (Å²) >= 11 is 0. The lowest BCUT2D eigenvalue weighted by Gasteiger charge is -2.32. The summed E-state index contributed by atoms with van der Waals surface area (Å²) in [7, 11) is 0. The van der Waals surface area contributed by atoms with E-state index in [4.69, 9.17) is 9.47 Å². The van der Waals surface area contributed by atoms with Crippen LogP contribution in [-0.2, 0) is 14.3 Å². The zero-order valence-corrected chi connectivity index (χ0v) is 9.34. The van der Waals surface area contributed by atoms with Crippen LogP contribution in [0.25, 0.3) is 0 Å². The zero-order valence-electron chi connectivity index (χ0n) is 9.34. The molecule has 3 aliphatic rings. The number of aliphatic hydroxyl groups is 1. The molecule has 3 aliphatic heterocycles. The van der Waals surface area contributed by atoms with Crippen LogP contribution in [0.1, 0.15) is 13.8 Å². The van der Waals surface area contributed by atoms with Gasteiger partial charge in [0.2, 0.25) is 0 Å². The molecular formula is C10H12N2O5. The molecule has 7 nitrogen and oxygen atoms in total. The van der Waals surface area contributed by atoms with Crippen molar-refractivity contribution in [3.05, 3.63) is 11.8 Å². The molecular weight excluding hydrogens is 228 g/mol. The van der Waals surface area contributed by atoms with E-state index in [-0.39, 0.29) is 5.70 Å². The van der Waals surface area contributed by atoms with E-state index < -0.39 is 36.2 Å². The quantitative estimate of drug-likeness (QED) is 0.545. The number of aliphatic hydroxyl groups excluding tert-OH is 1. The van der Waals surface area contributed by atoms with Crippen molar-refractivity contribution in [3.63, 3.8) is 0 Å². The maximum Gasteiger partial charge on any atom is 0.331 e. The summed E-state index contributed by atoms with van der Waals surface area (Å²) in [5.41, 5.74) is 0.116. The Morgan fingerprint density at radius 1 is 1.41 bits per heavy atom. The van der Waals surface area contributed by atoms with Crippen molar-refractivity contribution in [2.24, 2.45) is 0 Å². The van der Waals surface area contributed by atoms with E-state index >= 15 is 0 Å². The summed E-state index contributed by atoms with van der Waals surface area (Å²) in [6, 6.07) is -0.638. The average molecular weight is 240 g/mol. The molecule has 3 atom stereocenters. The molecule has 0 radical (unpaired) electrons. The van der Waals surface area contributed by atoms with E-state index in [1.54, 1.807) is 13.8 Å². The van der Waals surface area contributed by atoms with E-state index in [9.17, 15) is 14.7 Å². The highest BCUT2D eigenvalue weighted by molar-refractivity contribution is 6.12. The molecule has 92 valence electrons. The second kappa shape index (κ2) is 3.06. The monoisotopic (exact) mass is 240 g/mol. The van der Waals surface area contributed by atoms with Gasteiger partial charge in [-0.25, -0.2) is 4.79 Å². The van der Waals surface area contributed by atoms with Gasteiger partial charge in [-0.3, -0.25) is 15.0 Å². The Bertz CT molecular complexity index is 444. The number of fused-ring (bicyclic) bond motifs is 2. The molecule has 2 fully saturated rings. The van der Waals surface area contributed by atoms with Crippen molar-refractivity contribution in [2.45, 2.75) is 38.1 Å². The number of urea groups is 1. The van der Waals surface area contributed by atoms with Crippen molar-refractivity contribution in [2.75, 3.05) is 0 Å². The number of ether oxygens (including phenoxy) is 2. The van der Waals surface area contributed by atoms with Crippen molar-refractivity contribution in [1.29, 1.82) is 0 Å². The summed E-state index contributed by atoms with van der Waals surface area (Å²) in [5.74, 6) is -1.37. The Morgan fingerprint density at radius 3 is 2.82 bits per heavy atom. The highest BCUT2D eigenvalue weighted by Gasteiger charge is 2.53. The van der Waals surface area contributed by atoms with Gasteiger partial charge in [0, 0.05) is 0 Å². The topological polar surface area (TPSA) is 88.1 Å². The van der Waals surface area contributed by atoms with Crippen LogP contribution in [0, 0.1) is 0 Å². The molecule has 2 saturated heterocycles. The van der Waals surface area contributed by atoms with Crippen LogP contribution in [0.5, 0.6) is 0 Å². The minimum Gasteiger partial charge on any atom is -0.370 e. The van der Waals surface area contributed by atoms with Gasteiger partial charge in [-0.05, 0) is 19.9 Å². The zero-order chi connectivity index (χ0) is 12.4. The summed E-state index contributed by atoms with van der Waals surface area (Å²) in [5, 5.41) is 12.1. The first-order chi connectivity index (χ1) is 7.89. The van der Waals surface area contributed by atoms with Crippen LogP contribution < -0.4 is 5.32 Å². The van der Waals surface area contributed by atoms with Crippen LogP contribution >= 0.6 is 0 Å². The Kier molecular flexibility index (Phi) is 1.93. The number of amides is 3. The summed E-state index contributed by atoms with van der Waals surface area (Å²) in [4.78, 5) is 23.9. The lowest BCUT2D eigenvalue weighted by molar-refractivity contribution is -0.160. The van der Waals surface area contributed by atoms with Gasteiger partial charge < -0.3 is 14.6 Å². The Balaban J connectivity index is 2.01. The first-order valence-electron chi connectivity index (χ1n) is 5.29. The number of hydrogen-bond acceptors (Lipinski definition) is 5. The molecule has 0 aromatic carbocycles. The molecule has 0 aromatic rings. The van der Waals surface area contributed by atoms with Gasteiger partial charge in [-0.15, -0.1) is 0 Å². The Morgan fingerprint density at radius 2 is 2.12 bits per heavy atom. The first-order valence-corrected chi connectivity index (χ1v) is 5.29. The standard InChI is InChI=1S/C10H12N2O5/c1-10(2)16-5-3-4-7(13)11-9(15)12(4)8(14)6(5)17-10/h3,5-6,8,14H,1-2H3,(H,11,13,15)/t5-,6-,8+/m0/s1. The number of carbonyl (C=O) groups is 2. The van der Waals surface area contributed by atoms with E-state index in [0.29, 0.717) is 0 Å². The smallest absolute Gasteiger partial charge is 0.331 e. The largest absolute Gasteiger partial charge is 0.370 e. The summed E-state index contributed by atoms with van der Waals surface area (Å²) < 4.78 is 11.0. The van der Waals surface area contributed by atoms with Gasteiger partial charge in [0.1, 0.15) is 17.9 Å². The maximum atomic E-state index is 11.5. The number of hydrogen-bond donors (Lipinski definition) is 2. The molecule has 17 heavy (non-hydrogen) atoms. The van der Waals surface area contributed by atoms with Gasteiger partial charge in [0.05, 0.1) is 0 Å². The molecule has 3 heterocycles. The Labute approximate surface area is 97.0 Å². The van der Waals surface area contributed by atoms with Crippen LogP contribution in [0.2, 0.25) is 0 Å². The molecule has 7 heteroatoms. The van der Waals surface area contributed by atoms with Crippen LogP contribution in [0.3, 0.4) is 0 Å². The van der Waals surface area contributed by atoms with Crippen molar-refractivity contribution in [1.82, 2.24) is 10.2 Å². The minimum absolute atomic E-state index is 0.116. The minimum atomic E-state index is -1.21. The Hall–Kier alpha value is -1.44. The predicted molar refractivity (Wildman–Crippen MR) is 53.3 cm³/mol. The second-order valence-electron chi connectivity index (χ2n) is 4.66. The highest BCUT2D eigenvalue weighted by Crippen LogP contribution is 2.37. The molecule has 0 unspecified atom stereocenters. The number of nitrogens with one attached hydrogen (secondary N) is 1. The number of carbonyl (C=O) groups excluding carboxylic acids is 2. The van der Waals surface area contributed by atoms with Gasteiger partial charge in [0.25, 0.3) is 5.91 Å². The van der Waals surface area contributed by atoms with Crippen molar-refractivity contribution < 1.29 is 24.2 Å². The second-order valence-corrected chi connectivity index (χ2v) is 4.66. The first kappa shape index (κ1) is 10.7. The van der Waals surface area contributed by atoms with Crippen LogP contribution in [0.15, 0.2) is 11.8 Å². The molecule has 0 bridgehead atoms. The van der Waals surface area contributed by atoms with Gasteiger partial charge >= 0.3 is 6.03 Å². The van der Waals surface area contributed by atoms with Gasteiger partial charge in [-0.1, -0.05) is 0 Å². The SMILES string of the molecule is CC1(C)O[C@H]2[C@H](C=C3C(=O)NC(=O)N3[C@@H]2O)O1. The summed E-state index contributed by atoms with van der Waals surface area (Å²) in [6.07, 6.45) is -0.909. The molecule has 3 rings (SSSR count). The lowest BCUT2D eigenvalue weighted by atomic mass is 10.1. The normalized spacial score (nSPS) is 38.6. The van der Waals surface area contributed by atoms with Crippen molar-refractivity contribution in [3.8, 4) is 0 Å². The molecule has 0 aromatic heterocycles. The fraction of sp³-hybridized carbons (Fsp3) is 0.600. The average Bonchev–Trinajstić information content (AvgIpc) is 2.65. The molecule has 0 saturated carbocycles. The third-order valence-electron chi connectivity index (χ3n) is 2.98. The molecule has 0 spiro atoms. The van der Waals surface area contributed by atoms with Gasteiger partial charge in [-0.2, -0.15) is 0 Å². The van der Waals surface area contributed by atoms with E-state index in [2.05, 4.69) is 5.32 Å². The molecule has 3 amide bonds. The number of nitrogens with zero attached hydrogens (tertiary/aromatic N) is 1. The fourth-order valence-corrected chi connectivity index (χ4v) is 2.34. The molecule has 2 N–H and O–H groups in total. The van der Waals surface area contributed by atoms with E-state index in [1.165, 1.54) is 6.08 Å². The van der Waals surface area contributed by atoms with Gasteiger partial charge in [0.15, 0.2) is 12.0 Å². The van der Waals surface area contributed by atoms with Crippen LogP contribution in [0.4, 0.5) is 4.79 Å². The molecule has 0 aliphatic carbocycles. The predicted octanol–water partition coefficient (Wildman–Crippen LogP) is -0.726. The van der Waals surface area contributed by atoms with E-state index in [0.717, 1.165) is 4.90 Å². The third-order valence-corrected chi connectivity index (χ3v) is 2.98. The third kappa shape index (κ3) is 1.40. The summed E-state index contributed by atoms with van der Waals surface area (Å²) in [6.45, 7) is 3.42. The van der Waals surface area contributed by atoms with Crippen molar-refractivity contribution >= 4 is 11.9 Å².